The molecule has 2 aromatic carbocycles. The van der Waals surface area contributed by atoms with Crippen molar-refractivity contribution in [3.8, 4) is 16.9 Å². The Bertz CT molecular complexity index is 813. The Hall–Kier alpha value is -2.83. The van der Waals surface area contributed by atoms with Crippen molar-refractivity contribution in [2.45, 2.75) is 27.1 Å². The summed E-state index contributed by atoms with van der Waals surface area (Å²) in [4.78, 5) is 15.6. The number of ether oxygens (including phenoxy) is 1. The second-order valence-corrected chi connectivity index (χ2v) is 5.26. The Balaban J connectivity index is 0.00000117. The lowest BCUT2D eigenvalue weighted by molar-refractivity contribution is -0.274. The Kier molecular flexibility index (Phi) is 6.02. The number of alkyl halides is 3. The van der Waals surface area contributed by atoms with Gasteiger partial charge in [0.15, 0.2) is 6.29 Å². The number of nitrogens with zero attached hydrogens (tertiary/aromatic N) is 1. The molecule has 1 N–H and O–H groups in total. The monoisotopic (exact) mass is 364 g/mol. The zero-order chi connectivity index (χ0) is 19.3. The normalized spacial score (nSPS) is 12.4. The minimum Gasteiger partial charge on any atom is -0.406 e. The summed E-state index contributed by atoms with van der Waals surface area (Å²) in [6, 6.07) is 7.40. The van der Waals surface area contributed by atoms with E-state index < -0.39 is 6.36 Å². The third kappa shape index (κ3) is 4.22. The minimum absolute atomic E-state index is 0.285. The summed E-state index contributed by atoms with van der Waals surface area (Å²) in [6.45, 7) is 6.30. The van der Waals surface area contributed by atoms with Gasteiger partial charge in [0.25, 0.3) is 0 Å². The maximum Gasteiger partial charge on any atom is 0.573 e. The number of halogens is 3. The fraction of sp³-hybridized carbons (Fsp3) is 0.263. The van der Waals surface area contributed by atoms with Gasteiger partial charge in [-0.25, -0.2) is 0 Å². The quantitative estimate of drug-likeness (QED) is 0.729. The highest BCUT2D eigenvalue weighted by atomic mass is 19.4. The Morgan fingerprint density at radius 2 is 1.85 bits per heavy atom. The molecule has 26 heavy (non-hydrogen) atoms. The van der Waals surface area contributed by atoms with Crippen LogP contribution in [-0.2, 0) is 0 Å². The van der Waals surface area contributed by atoms with Gasteiger partial charge in [0.2, 0.25) is 0 Å². The molecule has 0 atom stereocenters. The molecule has 7 heteroatoms. The van der Waals surface area contributed by atoms with Crippen molar-refractivity contribution < 1.29 is 22.7 Å². The van der Waals surface area contributed by atoms with Crippen molar-refractivity contribution in [1.29, 1.82) is 0 Å². The van der Waals surface area contributed by atoms with Gasteiger partial charge in [-0.15, -0.1) is 13.2 Å². The van der Waals surface area contributed by atoms with E-state index in [9.17, 15) is 18.0 Å². The first kappa shape index (κ1) is 19.5. The second-order valence-electron chi connectivity index (χ2n) is 5.26. The number of aldehydes is 1. The fourth-order valence-electron chi connectivity index (χ4n) is 2.63. The zero-order valence-corrected chi connectivity index (χ0v) is 14.6. The molecule has 0 unspecified atom stereocenters. The van der Waals surface area contributed by atoms with Crippen molar-refractivity contribution in [1.82, 2.24) is 0 Å². The number of aliphatic imine (C=N–C) groups is 1. The molecule has 0 radical (unpaired) electrons. The highest BCUT2D eigenvalue weighted by molar-refractivity contribution is 6.00. The van der Waals surface area contributed by atoms with Crippen molar-refractivity contribution in [2.75, 3.05) is 11.9 Å². The molecule has 0 aliphatic carbocycles. The van der Waals surface area contributed by atoms with Gasteiger partial charge >= 0.3 is 6.36 Å². The third-order valence-electron chi connectivity index (χ3n) is 3.65. The second kappa shape index (κ2) is 8.03. The van der Waals surface area contributed by atoms with Gasteiger partial charge in [0.1, 0.15) is 5.75 Å². The van der Waals surface area contributed by atoms with Crippen LogP contribution in [-0.4, -0.2) is 25.4 Å². The zero-order valence-electron chi connectivity index (χ0n) is 14.6. The predicted octanol–water partition coefficient (Wildman–Crippen LogP) is 5.53. The first-order valence-corrected chi connectivity index (χ1v) is 8.14. The molecule has 4 nitrogen and oxygen atoms in total. The van der Waals surface area contributed by atoms with Crippen LogP contribution in [0, 0.1) is 6.92 Å². The largest absolute Gasteiger partial charge is 0.573 e. The number of hydrogen-bond donors (Lipinski definition) is 1. The Morgan fingerprint density at radius 1 is 1.19 bits per heavy atom. The molecule has 0 amide bonds. The molecule has 0 fully saturated rings. The number of carbonyl (C=O) groups is 1. The van der Waals surface area contributed by atoms with Crippen LogP contribution < -0.4 is 10.1 Å². The van der Waals surface area contributed by atoms with Crippen LogP contribution in [0.5, 0.6) is 5.75 Å². The molecule has 1 heterocycles. The topological polar surface area (TPSA) is 50.7 Å². The smallest absolute Gasteiger partial charge is 0.406 e. The molecule has 0 saturated heterocycles. The number of aryl methyl sites for hydroxylation is 1. The summed E-state index contributed by atoms with van der Waals surface area (Å²) in [5, 5.41) is 3.17. The van der Waals surface area contributed by atoms with E-state index in [1.165, 1.54) is 24.3 Å². The van der Waals surface area contributed by atoms with Crippen molar-refractivity contribution in [2.24, 2.45) is 4.99 Å². The number of rotatable bonds is 3. The lowest BCUT2D eigenvalue weighted by Gasteiger charge is -2.20. The summed E-state index contributed by atoms with van der Waals surface area (Å²) >= 11 is 0. The molecule has 0 aromatic heterocycles. The van der Waals surface area contributed by atoms with Gasteiger partial charge in [-0.1, -0.05) is 26.0 Å². The number of benzene rings is 2. The standard InChI is InChI=1S/C17H13F3N2O2.C2H6/c1-10-8-13(15-16(14(10)9-23)22-7-6-21-15)11-2-4-12(5-3-11)24-17(18,19)20;1-2/h2-5,7-9,21H,6H2,1H3;1-2H3. The molecule has 0 spiro atoms. The maximum atomic E-state index is 12.2. The van der Waals surface area contributed by atoms with Gasteiger partial charge < -0.3 is 10.1 Å². The van der Waals surface area contributed by atoms with Crippen LogP contribution in [0.1, 0.15) is 29.8 Å². The molecule has 138 valence electrons. The molecule has 0 saturated carbocycles. The summed E-state index contributed by atoms with van der Waals surface area (Å²) < 4.78 is 40.6. The highest BCUT2D eigenvalue weighted by Crippen LogP contribution is 2.41. The van der Waals surface area contributed by atoms with Crippen LogP contribution in [0.3, 0.4) is 0 Å². The molecule has 3 rings (SSSR count). The van der Waals surface area contributed by atoms with E-state index in [-0.39, 0.29) is 5.75 Å². The Morgan fingerprint density at radius 3 is 2.42 bits per heavy atom. The number of nitrogens with one attached hydrogen (secondary N) is 1. The van der Waals surface area contributed by atoms with Gasteiger partial charge in [0, 0.05) is 17.3 Å². The van der Waals surface area contributed by atoms with E-state index >= 15 is 0 Å². The number of hydrogen-bond acceptors (Lipinski definition) is 4. The first-order chi connectivity index (χ1) is 12.4. The number of fused-ring (bicyclic) bond motifs is 1. The van der Waals surface area contributed by atoms with E-state index in [1.54, 1.807) is 13.1 Å². The Labute approximate surface area is 149 Å². The molecule has 0 bridgehead atoms. The van der Waals surface area contributed by atoms with Crippen LogP contribution in [0.4, 0.5) is 24.5 Å². The molecule has 1 aliphatic heterocycles. The van der Waals surface area contributed by atoms with Crippen LogP contribution in [0.15, 0.2) is 35.3 Å². The predicted molar refractivity (Wildman–Crippen MR) is 96.7 cm³/mol. The first-order valence-electron chi connectivity index (χ1n) is 8.14. The van der Waals surface area contributed by atoms with Gasteiger partial charge in [-0.3, -0.25) is 9.79 Å². The van der Waals surface area contributed by atoms with Crippen LogP contribution >= 0.6 is 0 Å². The van der Waals surface area contributed by atoms with Gasteiger partial charge in [-0.2, -0.15) is 0 Å². The molecular weight excluding hydrogens is 345 g/mol. The summed E-state index contributed by atoms with van der Waals surface area (Å²) in [5.41, 5.74) is 3.94. The van der Waals surface area contributed by atoms with Crippen molar-refractivity contribution in [3.05, 3.63) is 41.5 Å². The summed E-state index contributed by atoms with van der Waals surface area (Å²) in [6.07, 6.45) is -2.31. The van der Waals surface area contributed by atoms with E-state index in [4.69, 9.17) is 0 Å². The SMILES string of the molecule is CC.Cc1cc(-c2ccc(OC(F)(F)F)cc2)c2c(c1C=O)N=CCN2. The molecule has 1 aliphatic rings. The van der Waals surface area contributed by atoms with E-state index in [1.807, 2.05) is 19.9 Å². The lowest BCUT2D eigenvalue weighted by Crippen LogP contribution is -2.17. The molecule has 2 aromatic rings. The molecular formula is C19H19F3N2O2. The fourth-order valence-corrected chi connectivity index (χ4v) is 2.63. The number of carbonyl (C=O) groups excluding carboxylic acids is 1. The maximum absolute atomic E-state index is 12.2. The van der Waals surface area contributed by atoms with E-state index in [0.29, 0.717) is 29.0 Å². The van der Waals surface area contributed by atoms with Gasteiger partial charge in [0.05, 0.1) is 17.9 Å². The average Bonchev–Trinajstić information content (AvgIpc) is 2.62. The average molecular weight is 364 g/mol. The summed E-state index contributed by atoms with van der Waals surface area (Å²) in [7, 11) is 0. The van der Waals surface area contributed by atoms with Crippen LogP contribution in [0.25, 0.3) is 11.1 Å². The van der Waals surface area contributed by atoms with E-state index in [2.05, 4.69) is 15.0 Å². The summed E-state index contributed by atoms with van der Waals surface area (Å²) in [5.74, 6) is -0.285. The van der Waals surface area contributed by atoms with Crippen molar-refractivity contribution in [3.63, 3.8) is 0 Å². The van der Waals surface area contributed by atoms with E-state index in [0.717, 1.165) is 17.4 Å². The lowest BCUT2D eigenvalue weighted by atomic mass is 9.95. The number of anilines is 1. The minimum atomic E-state index is -4.72. The third-order valence-corrected chi connectivity index (χ3v) is 3.65. The van der Waals surface area contributed by atoms with Gasteiger partial charge in [-0.05, 0) is 36.2 Å². The van der Waals surface area contributed by atoms with Crippen LogP contribution in [0.2, 0.25) is 0 Å². The highest BCUT2D eigenvalue weighted by Gasteiger charge is 2.31. The van der Waals surface area contributed by atoms with Crippen molar-refractivity contribution >= 4 is 23.9 Å².